The fourth-order valence-corrected chi connectivity index (χ4v) is 4.06. The van der Waals surface area contributed by atoms with Crippen molar-refractivity contribution in [3.63, 3.8) is 0 Å². The van der Waals surface area contributed by atoms with Gasteiger partial charge in [-0.1, -0.05) is 67.9 Å². The van der Waals surface area contributed by atoms with E-state index >= 15 is 0 Å². The summed E-state index contributed by atoms with van der Waals surface area (Å²) < 4.78 is 0. The Hall–Kier alpha value is -1.98. The molecule has 0 aliphatic heterocycles. The van der Waals surface area contributed by atoms with Crippen LogP contribution in [0.1, 0.15) is 31.9 Å². The third kappa shape index (κ3) is 8.41. The summed E-state index contributed by atoms with van der Waals surface area (Å²) in [5, 5.41) is 3.64. The van der Waals surface area contributed by atoms with Gasteiger partial charge in [-0.3, -0.25) is 9.59 Å². The molecule has 162 valence electrons. The Morgan fingerprint density at radius 1 is 1.03 bits per heavy atom. The van der Waals surface area contributed by atoms with Gasteiger partial charge in [0.2, 0.25) is 11.8 Å². The summed E-state index contributed by atoms with van der Waals surface area (Å²) in [4.78, 5) is 27.3. The summed E-state index contributed by atoms with van der Waals surface area (Å²) in [5.74, 6) is 1.26. The fraction of sp³-hybridized carbons (Fsp3) is 0.417. The summed E-state index contributed by atoms with van der Waals surface area (Å²) in [5.41, 5.74) is 2.23. The quantitative estimate of drug-likeness (QED) is 0.539. The van der Waals surface area contributed by atoms with Crippen molar-refractivity contribution in [2.75, 3.05) is 18.8 Å². The summed E-state index contributed by atoms with van der Waals surface area (Å²) in [6.45, 7) is 7.02. The SMILES string of the molecule is CC(C)CNC(=O)[C@@H](C)N(CCc1ccccc1)C(=O)CSCc1cccc(Cl)c1. The molecule has 2 amide bonds. The van der Waals surface area contributed by atoms with E-state index < -0.39 is 6.04 Å². The van der Waals surface area contributed by atoms with E-state index in [9.17, 15) is 9.59 Å². The standard InChI is InChI=1S/C24H31ClN2O2S/c1-18(2)15-26-24(29)19(3)27(13-12-20-8-5-4-6-9-20)23(28)17-30-16-21-10-7-11-22(25)14-21/h4-11,14,18-19H,12-13,15-17H2,1-3H3,(H,26,29)/t19-/m1/s1. The molecule has 0 aromatic heterocycles. The Bertz CT molecular complexity index is 814. The number of nitrogens with zero attached hydrogens (tertiary/aromatic N) is 1. The first-order chi connectivity index (χ1) is 14.4. The van der Waals surface area contributed by atoms with E-state index in [0.717, 1.165) is 11.1 Å². The second-order valence-corrected chi connectivity index (χ2v) is 9.18. The van der Waals surface area contributed by atoms with Crippen LogP contribution in [0.4, 0.5) is 0 Å². The van der Waals surface area contributed by atoms with Gasteiger partial charge in [0.25, 0.3) is 0 Å². The highest BCUT2D eigenvalue weighted by Crippen LogP contribution is 2.18. The lowest BCUT2D eigenvalue weighted by Crippen LogP contribution is -2.50. The number of halogens is 1. The average Bonchev–Trinajstić information content (AvgIpc) is 2.72. The monoisotopic (exact) mass is 446 g/mol. The van der Waals surface area contributed by atoms with Crippen molar-refractivity contribution >= 4 is 35.2 Å². The average molecular weight is 447 g/mol. The number of carbonyl (C=O) groups excluding carboxylic acids is 2. The first-order valence-corrected chi connectivity index (χ1v) is 11.8. The minimum atomic E-state index is -0.508. The number of amides is 2. The van der Waals surface area contributed by atoms with Crippen LogP contribution in [-0.2, 0) is 21.8 Å². The Morgan fingerprint density at radius 2 is 1.73 bits per heavy atom. The molecule has 6 heteroatoms. The zero-order valence-electron chi connectivity index (χ0n) is 17.9. The maximum atomic E-state index is 13.0. The number of carbonyl (C=O) groups is 2. The summed E-state index contributed by atoms with van der Waals surface area (Å²) in [6.07, 6.45) is 0.716. The van der Waals surface area contributed by atoms with Gasteiger partial charge in [-0.2, -0.15) is 0 Å². The molecule has 1 N–H and O–H groups in total. The van der Waals surface area contributed by atoms with Crippen LogP contribution in [-0.4, -0.2) is 41.6 Å². The minimum absolute atomic E-state index is 0.0230. The second kappa shape index (κ2) is 12.7. The molecular weight excluding hydrogens is 416 g/mol. The van der Waals surface area contributed by atoms with Gasteiger partial charge in [-0.05, 0) is 42.5 Å². The van der Waals surface area contributed by atoms with Crippen LogP contribution in [0.25, 0.3) is 0 Å². The third-order valence-electron chi connectivity index (χ3n) is 4.72. The fourth-order valence-electron chi connectivity index (χ4n) is 2.99. The maximum absolute atomic E-state index is 13.0. The van der Waals surface area contributed by atoms with Crippen molar-refractivity contribution in [2.45, 2.75) is 39.0 Å². The van der Waals surface area contributed by atoms with Crippen LogP contribution >= 0.6 is 23.4 Å². The zero-order chi connectivity index (χ0) is 21.9. The van der Waals surface area contributed by atoms with E-state index in [4.69, 9.17) is 11.6 Å². The molecule has 1 atom stereocenters. The first-order valence-electron chi connectivity index (χ1n) is 10.3. The maximum Gasteiger partial charge on any atom is 0.242 e. The van der Waals surface area contributed by atoms with Crippen molar-refractivity contribution in [2.24, 2.45) is 5.92 Å². The van der Waals surface area contributed by atoms with Crippen LogP contribution in [0.2, 0.25) is 5.02 Å². The molecule has 0 aliphatic rings. The van der Waals surface area contributed by atoms with Crippen molar-refractivity contribution < 1.29 is 9.59 Å². The van der Waals surface area contributed by atoms with E-state index in [1.165, 1.54) is 11.8 Å². The Balaban J connectivity index is 1.98. The first kappa shape index (κ1) is 24.3. The molecule has 0 spiro atoms. The molecule has 0 saturated heterocycles. The number of nitrogens with one attached hydrogen (secondary N) is 1. The lowest BCUT2D eigenvalue weighted by atomic mass is 10.1. The molecule has 0 unspecified atom stereocenters. The van der Waals surface area contributed by atoms with Crippen LogP contribution in [0.15, 0.2) is 54.6 Å². The second-order valence-electron chi connectivity index (χ2n) is 7.76. The summed E-state index contributed by atoms with van der Waals surface area (Å²) in [6, 6.07) is 17.2. The molecule has 2 aromatic carbocycles. The van der Waals surface area contributed by atoms with Crippen molar-refractivity contribution in [3.8, 4) is 0 Å². The lowest BCUT2D eigenvalue weighted by Gasteiger charge is -2.29. The van der Waals surface area contributed by atoms with Crippen molar-refractivity contribution in [1.82, 2.24) is 10.2 Å². The highest BCUT2D eigenvalue weighted by Gasteiger charge is 2.25. The molecule has 0 bridgehead atoms. The number of rotatable bonds is 11. The highest BCUT2D eigenvalue weighted by molar-refractivity contribution is 7.99. The normalized spacial score (nSPS) is 11.9. The van der Waals surface area contributed by atoms with E-state index in [2.05, 4.69) is 19.2 Å². The Labute approximate surface area is 189 Å². The molecule has 2 rings (SSSR count). The van der Waals surface area contributed by atoms with Crippen LogP contribution in [0, 0.1) is 5.92 Å². The lowest BCUT2D eigenvalue weighted by molar-refractivity contribution is -0.138. The van der Waals surface area contributed by atoms with Gasteiger partial charge < -0.3 is 10.2 Å². The topological polar surface area (TPSA) is 49.4 Å². The van der Waals surface area contributed by atoms with Crippen LogP contribution in [0.5, 0.6) is 0 Å². The van der Waals surface area contributed by atoms with Gasteiger partial charge in [0.15, 0.2) is 0 Å². The van der Waals surface area contributed by atoms with Gasteiger partial charge in [0.05, 0.1) is 5.75 Å². The van der Waals surface area contributed by atoms with E-state index in [1.54, 1.807) is 11.8 Å². The van der Waals surface area contributed by atoms with Crippen molar-refractivity contribution in [1.29, 1.82) is 0 Å². The molecule has 0 heterocycles. The molecule has 0 aliphatic carbocycles. The van der Waals surface area contributed by atoms with E-state index in [1.807, 2.05) is 54.6 Å². The van der Waals surface area contributed by atoms with Gasteiger partial charge in [0, 0.05) is 23.9 Å². The number of hydrogen-bond donors (Lipinski definition) is 1. The Morgan fingerprint density at radius 3 is 2.40 bits per heavy atom. The van der Waals surface area contributed by atoms with Gasteiger partial charge >= 0.3 is 0 Å². The zero-order valence-corrected chi connectivity index (χ0v) is 19.5. The van der Waals surface area contributed by atoms with Crippen LogP contribution in [0.3, 0.4) is 0 Å². The molecule has 0 radical (unpaired) electrons. The van der Waals surface area contributed by atoms with Crippen LogP contribution < -0.4 is 5.32 Å². The van der Waals surface area contributed by atoms with Gasteiger partial charge in [0.1, 0.15) is 6.04 Å². The molecular formula is C24H31ClN2O2S. The molecule has 4 nitrogen and oxygen atoms in total. The highest BCUT2D eigenvalue weighted by atomic mass is 35.5. The van der Waals surface area contributed by atoms with E-state index in [-0.39, 0.29) is 11.8 Å². The summed E-state index contributed by atoms with van der Waals surface area (Å²) >= 11 is 7.57. The number of benzene rings is 2. The van der Waals surface area contributed by atoms with Crippen molar-refractivity contribution in [3.05, 3.63) is 70.7 Å². The molecule has 0 saturated carbocycles. The number of thioether (sulfide) groups is 1. The number of hydrogen-bond acceptors (Lipinski definition) is 3. The predicted molar refractivity (Wildman–Crippen MR) is 127 cm³/mol. The molecule has 0 fully saturated rings. The predicted octanol–water partition coefficient (Wildman–Crippen LogP) is 4.81. The molecule has 2 aromatic rings. The van der Waals surface area contributed by atoms with Gasteiger partial charge in [-0.15, -0.1) is 11.8 Å². The smallest absolute Gasteiger partial charge is 0.242 e. The Kier molecular flexibility index (Phi) is 10.2. The molecule has 30 heavy (non-hydrogen) atoms. The van der Waals surface area contributed by atoms with Gasteiger partial charge in [-0.25, -0.2) is 0 Å². The third-order valence-corrected chi connectivity index (χ3v) is 5.94. The minimum Gasteiger partial charge on any atom is -0.354 e. The largest absolute Gasteiger partial charge is 0.354 e. The van der Waals surface area contributed by atoms with E-state index in [0.29, 0.717) is 42.0 Å². The summed E-state index contributed by atoms with van der Waals surface area (Å²) in [7, 11) is 0.